The van der Waals surface area contributed by atoms with E-state index in [9.17, 15) is 4.79 Å². The average Bonchev–Trinajstić information content (AvgIpc) is 2.65. The zero-order chi connectivity index (χ0) is 12.0. The minimum absolute atomic E-state index is 0.134. The molecule has 2 N–H and O–H groups in total. The number of nitrogens with one attached hydrogen (secondary N) is 1. The molecule has 0 bridgehead atoms. The molecule has 1 aromatic rings. The first-order valence-corrected chi connectivity index (χ1v) is 5.97. The van der Waals surface area contributed by atoms with Gasteiger partial charge >= 0.3 is 5.97 Å². The van der Waals surface area contributed by atoms with Gasteiger partial charge in [0, 0.05) is 18.5 Å². The molecule has 0 saturated heterocycles. The summed E-state index contributed by atoms with van der Waals surface area (Å²) in [4.78, 5) is 14.5. The predicted molar refractivity (Wildman–Crippen MR) is 61.9 cm³/mol. The molecule has 1 rings (SSSR count). The van der Waals surface area contributed by atoms with Crippen LogP contribution in [0.4, 0.5) is 0 Å². The van der Waals surface area contributed by atoms with Crippen molar-refractivity contribution in [1.82, 2.24) is 10.3 Å². The highest BCUT2D eigenvalue weighted by molar-refractivity contribution is 7.11. The van der Waals surface area contributed by atoms with Crippen LogP contribution >= 0.6 is 11.3 Å². The van der Waals surface area contributed by atoms with Crippen molar-refractivity contribution in [3.05, 3.63) is 16.1 Å². The third-order valence-electron chi connectivity index (χ3n) is 1.77. The lowest BCUT2D eigenvalue weighted by Gasteiger charge is -2.07. The molecule has 5 nitrogen and oxygen atoms in total. The molecule has 16 heavy (non-hydrogen) atoms. The Kier molecular flexibility index (Phi) is 5.37. The van der Waals surface area contributed by atoms with E-state index in [1.54, 1.807) is 5.38 Å². The molecular formula is C10H16N2O3S. The number of ether oxygens (including phenoxy) is 1. The summed E-state index contributed by atoms with van der Waals surface area (Å²) in [6.45, 7) is 5.93. The van der Waals surface area contributed by atoms with Crippen molar-refractivity contribution in [3.63, 3.8) is 0 Å². The number of carbonyl (C=O) groups is 1. The van der Waals surface area contributed by atoms with E-state index < -0.39 is 5.97 Å². The summed E-state index contributed by atoms with van der Waals surface area (Å²) in [5.41, 5.74) is 0.756. The van der Waals surface area contributed by atoms with E-state index in [1.807, 2.05) is 13.8 Å². The van der Waals surface area contributed by atoms with Crippen LogP contribution < -0.4 is 5.32 Å². The van der Waals surface area contributed by atoms with Gasteiger partial charge in [-0.1, -0.05) is 0 Å². The molecule has 1 aromatic heterocycles. The molecule has 0 spiro atoms. The maximum Gasteiger partial charge on any atom is 0.365 e. The molecule has 0 radical (unpaired) electrons. The molecule has 0 aliphatic rings. The number of carboxylic acids is 1. The summed E-state index contributed by atoms with van der Waals surface area (Å²) in [6.07, 6.45) is 0.236. The fourth-order valence-corrected chi connectivity index (χ4v) is 1.72. The summed E-state index contributed by atoms with van der Waals surface area (Å²) in [5, 5.41) is 13.7. The van der Waals surface area contributed by atoms with Crippen molar-refractivity contribution >= 4 is 17.3 Å². The number of hydrogen-bond donors (Lipinski definition) is 2. The Morgan fingerprint density at radius 2 is 2.44 bits per heavy atom. The molecule has 0 aliphatic heterocycles. The zero-order valence-electron chi connectivity index (χ0n) is 9.40. The van der Waals surface area contributed by atoms with Crippen LogP contribution in [0.3, 0.4) is 0 Å². The Morgan fingerprint density at radius 3 is 3.00 bits per heavy atom. The maximum absolute atomic E-state index is 10.6. The van der Waals surface area contributed by atoms with Crippen LogP contribution in [0.1, 0.15) is 29.3 Å². The Hall–Kier alpha value is -0.980. The first kappa shape index (κ1) is 13.1. The first-order valence-electron chi connectivity index (χ1n) is 5.09. The van der Waals surface area contributed by atoms with Crippen LogP contribution in [0.2, 0.25) is 0 Å². The molecule has 0 aliphatic carbocycles. The van der Waals surface area contributed by atoms with Gasteiger partial charge in [0.15, 0.2) is 0 Å². The lowest BCUT2D eigenvalue weighted by atomic mass is 10.4. The summed E-state index contributed by atoms with van der Waals surface area (Å²) < 4.78 is 5.35. The molecule has 0 atom stereocenters. The second kappa shape index (κ2) is 6.57. The van der Waals surface area contributed by atoms with Gasteiger partial charge in [-0.05, 0) is 13.8 Å². The van der Waals surface area contributed by atoms with Crippen LogP contribution in [-0.4, -0.2) is 35.3 Å². The van der Waals surface area contributed by atoms with E-state index in [0.717, 1.165) is 23.6 Å². The second-order valence-electron chi connectivity index (χ2n) is 3.55. The quantitative estimate of drug-likeness (QED) is 0.708. The van der Waals surface area contributed by atoms with Crippen molar-refractivity contribution in [1.29, 1.82) is 0 Å². The van der Waals surface area contributed by atoms with Gasteiger partial charge in [-0.3, -0.25) is 0 Å². The Bertz CT molecular complexity index is 339. The van der Waals surface area contributed by atoms with E-state index in [1.165, 1.54) is 0 Å². The Morgan fingerprint density at radius 1 is 1.69 bits per heavy atom. The van der Waals surface area contributed by atoms with E-state index in [-0.39, 0.29) is 11.1 Å². The highest BCUT2D eigenvalue weighted by Gasteiger charge is 2.08. The Labute approximate surface area is 98.5 Å². The lowest BCUT2D eigenvalue weighted by molar-refractivity contribution is 0.0695. The molecule has 0 saturated carbocycles. The number of aromatic nitrogens is 1. The highest BCUT2D eigenvalue weighted by Crippen LogP contribution is 2.08. The van der Waals surface area contributed by atoms with Gasteiger partial charge in [-0.25, -0.2) is 9.78 Å². The van der Waals surface area contributed by atoms with Crippen molar-refractivity contribution < 1.29 is 14.6 Å². The molecule has 1 heterocycles. The normalized spacial score (nSPS) is 10.9. The highest BCUT2D eigenvalue weighted by atomic mass is 32.1. The summed E-state index contributed by atoms with van der Waals surface area (Å²) in [7, 11) is 0. The largest absolute Gasteiger partial charge is 0.476 e. The number of thiazole rings is 1. The molecule has 0 unspecified atom stereocenters. The van der Waals surface area contributed by atoms with Crippen LogP contribution in [0.5, 0.6) is 0 Å². The van der Waals surface area contributed by atoms with Crippen molar-refractivity contribution in [2.24, 2.45) is 0 Å². The lowest BCUT2D eigenvalue weighted by Crippen LogP contribution is -2.21. The fraction of sp³-hybridized carbons (Fsp3) is 0.600. The smallest absolute Gasteiger partial charge is 0.365 e. The Balaban J connectivity index is 2.19. The molecule has 6 heteroatoms. The molecule has 0 amide bonds. The van der Waals surface area contributed by atoms with E-state index >= 15 is 0 Å². The van der Waals surface area contributed by atoms with Gasteiger partial charge in [0.2, 0.25) is 5.01 Å². The fourth-order valence-electron chi connectivity index (χ4n) is 1.07. The predicted octanol–water partition coefficient (Wildman–Crippen LogP) is 1.36. The number of rotatable bonds is 7. The van der Waals surface area contributed by atoms with Gasteiger partial charge in [-0.15, -0.1) is 11.3 Å². The molecular weight excluding hydrogens is 228 g/mol. The average molecular weight is 244 g/mol. The van der Waals surface area contributed by atoms with E-state index in [2.05, 4.69) is 10.3 Å². The van der Waals surface area contributed by atoms with Gasteiger partial charge in [0.1, 0.15) is 0 Å². The SMILES string of the molecule is CC(C)OCCNCc1csc(C(=O)O)n1. The minimum Gasteiger partial charge on any atom is -0.476 e. The van der Waals surface area contributed by atoms with Crippen molar-refractivity contribution in [2.45, 2.75) is 26.5 Å². The number of hydrogen-bond acceptors (Lipinski definition) is 5. The van der Waals surface area contributed by atoms with E-state index in [4.69, 9.17) is 9.84 Å². The monoisotopic (exact) mass is 244 g/mol. The number of nitrogens with zero attached hydrogens (tertiary/aromatic N) is 1. The second-order valence-corrected chi connectivity index (χ2v) is 4.40. The van der Waals surface area contributed by atoms with Gasteiger partial charge in [0.05, 0.1) is 18.4 Å². The summed E-state index contributed by atoms with van der Waals surface area (Å²) >= 11 is 1.14. The van der Waals surface area contributed by atoms with Crippen LogP contribution in [0, 0.1) is 0 Å². The summed E-state index contributed by atoms with van der Waals surface area (Å²) in [5.74, 6) is -0.973. The van der Waals surface area contributed by atoms with Gasteiger partial charge in [0.25, 0.3) is 0 Å². The van der Waals surface area contributed by atoms with Crippen LogP contribution in [0.25, 0.3) is 0 Å². The zero-order valence-corrected chi connectivity index (χ0v) is 10.2. The number of carboxylic acid groups (broad SMARTS) is 1. The van der Waals surface area contributed by atoms with Crippen LogP contribution in [-0.2, 0) is 11.3 Å². The summed E-state index contributed by atoms with van der Waals surface area (Å²) in [6, 6.07) is 0. The van der Waals surface area contributed by atoms with Crippen LogP contribution in [0.15, 0.2) is 5.38 Å². The third-order valence-corrected chi connectivity index (χ3v) is 2.65. The molecule has 0 aromatic carbocycles. The third kappa shape index (κ3) is 4.69. The first-order chi connectivity index (χ1) is 7.59. The molecule has 90 valence electrons. The van der Waals surface area contributed by atoms with Gasteiger partial charge in [-0.2, -0.15) is 0 Å². The topological polar surface area (TPSA) is 71.5 Å². The standard InChI is InChI=1S/C10H16N2O3S/c1-7(2)15-4-3-11-5-8-6-16-9(12-8)10(13)14/h6-7,11H,3-5H2,1-2H3,(H,13,14). The van der Waals surface area contributed by atoms with Gasteiger partial charge < -0.3 is 15.2 Å². The number of aromatic carboxylic acids is 1. The minimum atomic E-state index is -0.973. The maximum atomic E-state index is 10.6. The van der Waals surface area contributed by atoms with Crippen molar-refractivity contribution in [2.75, 3.05) is 13.2 Å². The van der Waals surface area contributed by atoms with Crippen molar-refractivity contribution in [3.8, 4) is 0 Å². The molecule has 0 fully saturated rings. The van der Waals surface area contributed by atoms with E-state index in [0.29, 0.717) is 13.2 Å².